The summed E-state index contributed by atoms with van der Waals surface area (Å²) in [7, 11) is 0. The summed E-state index contributed by atoms with van der Waals surface area (Å²) in [5.41, 5.74) is 4.23. The Morgan fingerprint density at radius 2 is 1.48 bits per heavy atom. The summed E-state index contributed by atoms with van der Waals surface area (Å²) < 4.78 is 0. The first kappa shape index (κ1) is 17.3. The van der Waals surface area contributed by atoms with Crippen molar-refractivity contribution in [3.8, 4) is 11.1 Å². The second kappa shape index (κ2) is 8.54. The van der Waals surface area contributed by atoms with Crippen molar-refractivity contribution in [3.05, 3.63) is 90.0 Å². The molecule has 0 radical (unpaired) electrons. The van der Waals surface area contributed by atoms with Gasteiger partial charge in [-0.1, -0.05) is 60.2 Å². The molecule has 126 valence electrons. The summed E-state index contributed by atoms with van der Waals surface area (Å²) in [6.45, 7) is 2.73. The lowest BCUT2D eigenvalue weighted by Crippen LogP contribution is -2.25. The van der Waals surface area contributed by atoms with Crippen LogP contribution in [-0.4, -0.2) is 18.2 Å². The van der Waals surface area contributed by atoms with Gasteiger partial charge in [-0.15, -0.1) is 11.8 Å². The molecule has 0 saturated carbocycles. The van der Waals surface area contributed by atoms with Crippen molar-refractivity contribution in [1.29, 1.82) is 0 Å². The highest BCUT2D eigenvalue weighted by Crippen LogP contribution is 2.19. The fourth-order valence-corrected chi connectivity index (χ4v) is 3.28. The van der Waals surface area contributed by atoms with Crippen LogP contribution < -0.4 is 5.32 Å². The highest BCUT2D eigenvalue weighted by Gasteiger charge is 2.05. The monoisotopic (exact) mass is 347 g/mol. The van der Waals surface area contributed by atoms with E-state index < -0.39 is 0 Å². The van der Waals surface area contributed by atoms with Gasteiger partial charge >= 0.3 is 0 Å². The van der Waals surface area contributed by atoms with Crippen LogP contribution in [-0.2, 0) is 0 Å². The Hall–Kier alpha value is -2.52. The Morgan fingerprint density at radius 3 is 2.16 bits per heavy atom. The fraction of sp³-hybridized carbons (Fsp3) is 0.136. The number of thioether (sulfide) groups is 1. The molecule has 0 atom stereocenters. The molecular weight excluding hydrogens is 326 g/mol. The molecule has 0 saturated heterocycles. The SMILES string of the molecule is Cc1ccc(SCCNC(=O)c2ccc(-c3ccccc3)cc2)cc1. The molecule has 3 heteroatoms. The number of amides is 1. The van der Waals surface area contributed by atoms with Gasteiger partial charge in [0.05, 0.1) is 0 Å². The zero-order valence-electron chi connectivity index (χ0n) is 14.2. The first-order valence-electron chi connectivity index (χ1n) is 8.35. The largest absolute Gasteiger partial charge is 0.351 e. The third-order valence-corrected chi connectivity index (χ3v) is 4.95. The summed E-state index contributed by atoms with van der Waals surface area (Å²) in [5, 5.41) is 2.98. The number of rotatable bonds is 6. The van der Waals surface area contributed by atoms with Crippen LogP contribution in [0.4, 0.5) is 0 Å². The summed E-state index contributed by atoms with van der Waals surface area (Å²) in [5.74, 6) is 0.834. The minimum absolute atomic E-state index is 0.0240. The molecule has 0 aliphatic heterocycles. The molecule has 2 nitrogen and oxygen atoms in total. The van der Waals surface area contributed by atoms with Gasteiger partial charge < -0.3 is 5.32 Å². The van der Waals surface area contributed by atoms with E-state index in [2.05, 4.69) is 48.6 Å². The Balaban J connectivity index is 1.49. The number of nitrogens with one attached hydrogen (secondary N) is 1. The van der Waals surface area contributed by atoms with Crippen LogP contribution in [0.2, 0.25) is 0 Å². The highest BCUT2D eigenvalue weighted by atomic mass is 32.2. The van der Waals surface area contributed by atoms with Crippen molar-refractivity contribution in [3.63, 3.8) is 0 Å². The first-order valence-corrected chi connectivity index (χ1v) is 9.34. The maximum Gasteiger partial charge on any atom is 0.251 e. The van der Waals surface area contributed by atoms with E-state index in [0.29, 0.717) is 12.1 Å². The van der Waals surface area contributed by atoms with Crippen LogP contribution in [0.3, 0.4) is 0 Å². The van der Waals surface area contributed by atoms with Crippen molar-refractivity contribution in [2.75, 3.05) is 12.3 Å². The fourth-order valence-electron chi connectivity index (χ4n) is 2.51. The molecule has 1 N–H and O–H groups in total. The molecule has 3 aromatic rings. The number of benzene rings is 3. The summed E-state index contributed by atoms with van der Waals surface area (Å²) in [4.78, 5) is 13.5. The van der Waals surface area contributed by atoms with Crippen molar-refractivity contribution in [1.82, 2.24) is 5.32 Å². The van der Waals surface area contributed by atoms with Crippen molar-refractivity contribution >= 4 is 17.7 Å². The van der Waals surface area contributed by atoms with Gasteiger partial charge in [0.1, 0.15) is 0 Å². The molecule has 1 amide bonds. The van der Waals surface area contributed by atoms with Crippen LogP contribution in [0.5, 0.6) is 0 Å². The zero-order valence-corrected chi connectivity index (χ0v) is 15.1. The van der Waals surface area contributed by atoms with Gasteiger partial charge in [-0.05, 0) is 42.3 Å². The van der Waals surface area contributed by atoms with Gasteiger partial charge in [0.2, 0.25) is 0 Å². The van der Waals surface area contributed by atoms with Crippen molar-refractivity contribution in [2.45, 2.75) is 11.8 Å². The lowest BCUT2D eigenvalue weighted by Gasteiger charge is -2.07. The Morgan fingerprint density at radius 1 is 0.840 bits per heavy atom. The maximum atomic E-state index is 12.2. The smallest absolute Gasteiger partial charge is 0.251 e. The Bertz CT molecular complexity index is 811. The lowest BCUT2D eigenvalue weighted by molar-refractivity contribution is 0.0956. The van der Waals surface area contributed by atoms with E-state index in [1.54, 1.807) is 11.8 Å². The zero-order chi connectivity index (χ0) is 17.5. The molecule has 25 heavy (non-hydrogen) atoms. The molecule has 0 aromatic heterocycles. The highest BCUT2D eigenvalue weighted by molar-refractivity contribution is 7.99. The number of carbonyl (C=O) groups excluding carboxylic acids is 1. The molecule has 0 aliphatic carbocycles. The minimum Gasteiger partial charge on any atom is -0.351 e. The maximum absolute atomic E-state index is 12.2. The molecule has 0 bridgehead atoms. The molecule has 0 aliphatic rings. The molecule has 0 unspecified atom stereocenters. The van der Waals surface area contributed by atoms with Gasteiger partial charge in [0.15, 0.2) is 0 Å². The predicted molar refractivity (Wildman–Crippen MR) is 106 cm³/mol. The normalized spacial score (nSPS) is 10.4. The average Bonchev–Trinajstić information content (AvgIpc) is 2.67. The van der Waals surface area contributed by atoms with Gasteiger partial charge in [0, 0.05) is 22.8 Å². The lowest BCUT2D eigenvalue weighted by atomic mass is 10.0. The Labute approximate surface area is 153 Å². The average molecular weight is 347 g/mol. The van der Waals surface area contributed by atoms with E-state index >= 15 is 0 Å². The molecular formula is C22H21NOS. The summed E-state index contributed by atoms with van der Waals surface area (Å²) >= 11 is 1.75. The standard InChI is InChI=1S/C22H21NOS/c1-17-7-13-21(14-8-17)25-16-15-23-22(24)20-11-9-19(10-12-20)18-5-3-2-4-6-18/h2-14H,15-16H2,1H3,(H,23,24). The molecule has 0 fully saturated rings. The predicted octanol–water partition coefficient (Wildman–Crippen LogP) is 5.18. The second-order valence-electron chi connectivity index (χ2n) is 5.86. The summed E-state index contributed by atoms with van der Waals surface area (Å²) in [6, 6.07) is 26.4. The number of hydrogen-bond acceptors (Lipinski definition) is 2. The Kier molecular flexibility index (Phi) is 5.91. The summed E-state index contributed by atoms with van der Waals surface area (Å²) in [6.07, 6.45) is 0. The number of carbonyl (C=O) groups is 1. The van der Waals surface area contributed by atoms with Gasteiger partial charge in [0.25, 0.3) is 5.91 Å². The van der Waals surface area contributed by atoms with E-state index in [1.807, 2.05) is 42.5 Å². The number of hydrogen-bond donors (Lipinski definition) is 1. The topological polar surface area (TPSA) is 29.1 Å². The van der Waals surface area contributed by atoms with Crippen LogP contribution in [0.15, 0.2) is 83.8 Å². The van der Waals surface area contributed by atoms with Gasteiger partial charge in [-0.25, -0.2) is 0 Å². The first-order chi connectivity index (χ1) is 12.2. The van der Waals surface area contributed by atoms with E-state index in [4.69, 9.17) is 0 Å². The van der Waals surface area contributed by atoms with Crippen molar-refractivity contribution in [2.24, 2.45) is 0 Å². The van der Waals surface area contributed by atoms with Crippen molar-refractivity contribution < 1.29 is 4.79 Å². The van der Waals surface area contributed by atoms with Crippen LogP contribution in [0.1, 0.15) is 15.9 Å². The molecule has 3 rings (SSSR count). The number of aryl methyl sites for hydroxylation is 1. The third kappa shape index (κ3) is 4.97. The minimum atomic E-state index is -0.0240. The van der Waals surface area contributed by atoms with Crippen LogP contribution in [0.25, 0.3) is 11.1 Å². The second-order valence-corrected chi connectivity index (χ2v) is 7.03. The van der Waals surface area contributed by atoms with E-state index in [9.17, 15) is 4.79 Å². The van der Waals surface area contributed by atoms with Gasteiger partial charge in [-0.2, -0.15) is 0 Å². The quantitative estimate of drug-likeness (QED) is 0.491. The van der Waals surface area contributed by atoms with E-state index in [-0.39, 0.29) is 5.91 Å². The molecule has 0 heterocycles. The molecule has 0 spiro atoms. The third-order valence-electron chi connectivity index (χ3n) is 3.93. The van der Waals surface area contributed by atoms with E-state index in [0.717, 1.165) is 16.9 Å². The van der Waals surface area contributed by atoms with Gasteiger partial charge in [-0.3, -0.25) is 4.79 Å². The molecule has 3 aromatic carbocycles. The van der Waals surface area contributed by atoms with Crippen LogP contribution in [0, 0.1) is 6.92 Å². The van der Waals surface area contributed by atoms with Crippen LogP contribution >= 0.6 is 11.8 Å². The van der Waals surface area contributed by atoms with E-state index in [1.165, 1.54) is 10.5 Å².